The number of ether oxygens (including phenoxy) is 1. The fraction of sp³-hybridized carbons (Fsp3) is 0.550. The van der Waals surface area contributed by atoms with Crippen LogP contribution in [0.2, 0.25) is 0 Å². The number of aromatic nitrogens is 3. The van der Waals surface area contributed by atoms with Crippen LogP contribution in [0.25, 0.3) is 11.4 Å². The van der Waals surface area contributed by atoms with Gasteiger partial charge >= 0.3 is 0 Å². The van der Waals surface area contributed by atoms with Crippen LogP contribution in [-0.4, -0.2) is 64.0 Å². The van der Waals surface area contributed by atoms with Crippen LogP contribution in [-0.2, 0) is 11.8 Å². The van der Waals surface area contributed by atoms with Gasteiger partial charge in [0.15, 0.2) is 5.82 Å². The minimum absolute atomic E-state index is 0.0102. The minimum atomic E-state index is 0.0102. The van der Waals surface area contributed by atoms with Crippen LogP contribution in [0.1, 0.15) is 38.1 Å². The molecule has 0 atom stereocenters. The molecule has 0 N–H and O–H groups in total. The summed E-state index contributed by atoms with van der Waals surface area (Å²) in [5.74, 6) is 1.39. The predicted octanol–water partition coefficient (Wildman–Crippen LogP) is 2.58. The van der Waals surface area contributed by atoms with Gasteiger partial charge in [-0.3, -0.25) is 4.79 Å². The van der Waals surface area contributed by atoms with E-state index < -0.39 is 0 Å². The molecule has 0 unspecified atom stereocenters. The van der Waals surface area contributed by atoms with Gasteiger partial charge in [0.2, 0.25) is 5.95 Å². The maximum absolute atomic E-state index is 13.3. The number of hydrogen-bond donors (Lipinski definition) is 0. The Kier molecular flexibility index (Phi) is 5.79. The Balaban J connectivity index is 1.98. The summed E-state index contributed by atoms with van der Waals surface area (Å²) in [5, 5.41) is 4.60. The van der Waals surface area contributed by atoms with E-state index in [9.17, 15) is 4.79 Å². The van der Waals surface area contributed by atoms with E-state index in [-0.39, 0.29) is 18.0 Å². The van der Waals surface area contributed by atoms with Gasteiger partial charge in [-0.25, -0.2) is 4.68 Å². The molecule has 2 aromatic rings. The number of carbonyl (C=O) groups is 1. The Hall–Kier alpha value is -2.41. The van der Waals surface area contributed by atoms with Crippen molar-refractivity contribution in [2.45, 2.75) is 39.8 Å². The molecule has 1 aliphatic heterocycles. The van der Waals surface area contributed by atoms with Crippen molar-refractivity contribution < 1.29 is 9.53 Å². The molecule has 3 rings (SSSR count). The lowest BCUT2D eigenvalue weighted by Crippen LogP contribution is -2.42. The van der Waals surface area contributed by atoms with Crippen LogP contribution in [0, 0.1) is 0 Å². The number of benzene rings is 1. The Bertz CT molecular complexity index is 785. The standard InChI is InChI=1S/C20H29N5O2/c1-14(2)25(15(3)4)19(26)17-9-7-6-8-16(17)18-21-20(23(5)22-18)24-10-12-27-13-11-24/h6-9,14-15H,10-13H2,1-5H3. The highest BCUT2D eigenvalue weighted by Gasteiger charge is 2.26. The van der Waals surface area contributed by atoms with Gasteiger partial charge < -0.3 is 14.5 Å². The van der Waals surface area contributed by atoms with Gasteiger partial charge in [-0.05, 0) is 33.8 Å². The van der Waals surface area contributed by atoms with Crippen LogP contribution in [0.5, 0.6) is 0 Å². The van der Waals surface area contributed by atoms with E-state index in [4.69, 9.17) is 9.72 Å². The lowest BCUT2D eigenvalue weighted by molar-refractivity contribution is 0.0644. The van der Waals surface area contributed by atoms with Crippen molar-refractivity contribution in [1.29, 1.82) is 0 Å². The zero-order chi connectivity index (χ0) is 19.6. The third kappa shape index (κ3) is 3.98. The quantitative estimate of drug-likeness (QED) is 0.808. The molecule has 0 radical (unpaired) electrons. The summed E-state index contributed by atoms with van der Waals surface area (Å²) in [7, 11) is 1.89. The molecule has 0 saturated carbocycles. The van der Waals surface area contributed by atoms with Gasteiger partial charge in [0, 0.05) is 37.8 Å². The molecule has 1 amide bonds. The molecule has 1 saturated heterocycles. The van der Waals surface area contributed by atoms with Crippen LogP contribution < -0.4 is 4.90 Å². The van der Waals surface area contributed by atoms with E-state index in [0.29, 0.717) is 24.6 Å². The average molecular weight is 371 g/mol. The van der Waals surface area contributed by atoms with Crippen LogP contribution >= 0.6 is 0 Å². The van der Waals surface area contributed by atoms with E-state index in [0.717, 1.165) is 24.6 Å². The molecule has 0 spiro atoms. The first-order valence-corrected chi connectivity index (χ1v) is 9.56. The SMILES string of the molecule is CC(C)N(C(=O)c1ccccc1-c1nc(N2CCOCC2)n(C)n1)C(C)C. The maximum atomic E-state index is 13.3. The normalized spacial score (nSPS) is 14.9. The second-order valence-electron chi connectivity index (χ2n) is 7.40. The van der Waals surface area contributed by atoms with Gasteiger partial charge in [0.1, 0.15) is 0 Å². The summed E-state index contributed by atoms with van der Waals surface area (Å²) in [6.45, 7) is 11.1. The largest absolute Gasteiger partial charge is 0.378 e. The first kappa shape index (κ1) is 19.4. The van der Waals surface area contributed by atoms with E-state index in [1.807, 2.05) is 63.9 Å². The van der Waals surface area contributed by atoms with E-state index in [1.165, 1.54) is 0 Å². The number of carbonyl (C=O) groups excluding carboxylic acids is 1. The summed E-state index contributed by atoms with van der Waals surface area (Å²) in [5.41, 5.74) is 1.41. The number of aryl methyl sites for hydroxylation is 1. The van der Waals surface area contributed by atoms with Gasteiger partial charge in [0.25, 0.3) is 5.91 Å². The fourth-order valence-corrected chi connectivity index (χ4v) is 3.60. The number of rotatable bonds is 5. The van der Waals surface area contributed by atoms with Crippen molar-refractivity contribution >= 4 is 11.9 Å². The van der Waals surface area contributed by atoms with Crippen molar-refractivity contribution in [3.05, 3.63) is 29.8 Å². The molecular formula is C20H29N5O2. The van der Waals surface area contributed by atoms with Crippen LogP contribution in [0.15, 0.2) is 24.3 Å². The molecule has 7 nitrogen and oxygen atoms in total. The minimum Gasteiger partial charge on any atom is -0.378 e. The van der Waals surface area contributed by atoms with E-state index in [2.05, 4.69) is 10.00 Å². The first-order chi connectivity index (χ1) is 12.9. The number of nitrogens with zero attached hydrogens (tertiary/aromatic N) is 5. The third-order valence-corrected chi connectivity index (χ3v) is 4.78. The van der Waals surface area contributed by atoms with Crippen molar-refractivity contribution in [2.24, 2.45) is 7.05 Å². The van der Waals surface area contributed by atoms with Gasteiger partial charge in [0.05, 0.1) is 18.8 Å². The monoisotopic (exact) mass is 371 g/mol. The smallest absolute Gasteiger partial charge is 0.255 e. The molecule has 0 aliphatic carbocycles. The maximum Gasteiger partial charge on any atom is 0.255 e. The lowest BCUT2D eigenvalue weighted by Gasteiger charge is -2.31. The lowest BCUT2D eigenvalue weighted by atomic mass is 10.0. The highest BCUT2D eigenvalue weighted by atomic mass is 16.5. The van der Waals surface area contributed by atoms with E-state index in [1.54, 1.807) is 4.68 Å². The summed E-state index contributed by atoms with van der Waals surface area (Å²) < 4.78 is 7.21. The zero-order valence-corrected chi connectivity index (χ0v) is 16.8. The summed E-state index contributed by atoms with van der Waals surface area (Å²) in [6.07, 6.45) is 0. The molecule has 7 heteroatoms. The average Bonchev–Trinajstić information content (AvgIpc) is 3.03. The topological polar surface area (TPSA) is 63.5 Å². The molecule has 1 fully saturated rings. The zero-order valence-electron chi connectivity index (χ0n) is 16.8. The van der Waals surface area contributed by atoms with Crippen molar-refractivity contribution in [1.82, 2.24) is 19.7 Å². The van der Waals surface area contributed by atoms with Crippen molar-refractivity contribution in [3.8, 4) is 11.4 Å². The molecule has 146 valence electrons. The molecule has 2 heterocycles. The first-order valence-electron chi connectivity index (χ1n) is 9.56. The van der Waals surface area contributed by atoms with Gasteiger partial charge in [-0.2, -0.15) is 4.98 Å². The Morgan fingerprint density at radius 3 is 2.37 bits per heavy atom. The Morgan fingerprint density at radius 2 is 1.74 bits per heavy atom. The molecule has 1 aromatic heterocycles. The van der Waals surface area contributed by atoms with Gasteiger partial charge in [-0.15, -0.1) is 5.10 Å². The Morgan fingerprint density at radius 1 is 1.11 bits per heavy atom. The second kappa shape index (κ2) is 8.08. The molecule has 1 aromatic carbocycles. The van der Waals surface area contributed by atoms with Crippen LogP contribution in [0.3, 0.4) is 0 Å². The van der Waals surface area contributed by atoms with Crippen molar-refractivity contribution in [2.75, 3.05) is 31.2 Å². The third-order valence-electron chi connectivity index (χ3n) is 4.78. The van der Waals surface area contributed by atoms with Gasteiger partial charge in [-0.1, -0.05) is 18.2 Å². The van der Waals surface area contributed by atoms with E-state index >= 15 is 0 Å². The van der Waals surface area contributed by atoms with Crippen molar-refractivity contribution in [3.63, 3.8) is 0 Å². The summed E-state index contributed by atoms with van der Waals surface area (Å²) >= 11 is 0. The highest BCUT2D eigenvalue weighted by molar-refractivity contribution is 6.00. The number of anilines is 1. The molecule has 0 bridgehead atoms. The number of hydrogen-bond acceptors (Lipinski definition) is 5. The summed E-state index contributed by atoms with van der Waals surface area (Å²) in [4.78, 5) is 22.1. The summed E-state index contributed by atoms with van der Waals surface area (Å²) in [6, 6.07) is 7.83. The second-order valence-corrected chi connectivity index (χ2v) is 7.40. The predicted molar refractivity (Wildman–Crippen MR) is 106 cm³/mol. The number of morpholine rings is 1. The molecule has 27 heavy (non-hydrogen) atoms. The van der Waals surface area contributed by atoms with Crippen LogP contribution in [0.4, 0.5) is 5.95 Å². The molecule has 1 aliphatic rings. The highest BCUT2D eigenvalue weighted by Crippen LogP contribution is 2.26. The molecular weight excluding hydrogens is 342 g/mol. The Labute approximate surface area is 160 Å². The fourth-order valence-electron chi connectivity index (χ4n) is 3.60. The number of amides is 1.